The van der Waals surface area contributed by atoms with Crippen LogP contribution in [0.2, 0.25) is 0 Å². The predicted octanol–water partition coefficient (Wildman–Crippen LogP) is 3.25. The molecule has 1 saturated heterocycles. The largest absolute Gasteiger partial charge is 0.383 e. The minimum atomic E-state index is -0.796. The fourth-order valence-corrected chi connectivity index (χ4v) is 2.52. The third-order valence-electron chi connectivity index (χ3n) is 3.67. The molecule has 18 heavy (non-hydrogen) atoms. The maximum atomic E-state index is 13.4. The first-order chi connectivity index (χ1) is 8.68. The molecule has 0 aromatic heterocycles. The Bertz CT molecular complexity index is 395. The zero-order valence-electron chi connectivity index (χ0n) is 10.8. The first kappa shape index (κ1) is 13.3. The van der Waals surface area contributed by atoms with Crippen molar-refractivity contribution in [3.05, 3.63) is 29.8 Å². The van der Waals surface area contributed by atoms with Gasteiger partial charge in [-0.3, -0.25) is 0 Å². The highest BCUT2D eigenvalue weighted by molar-refractivity contribution is 5.44. The molecule has 0 spiro atoms. The molecule has 1 unspecified atom stereocenters. The fraction of sp³-hybridized carbons (Fsp3) is 0.571. The van der Waals surface area contributed by atoms with E-state index in [-0.39, 0.29) is 5.69 Å². The quantitative estimate of drug-likeness (QED) is 0.887. The zero-order valence-corrected chi connectivity index (χ0v) is 10.8. The van der Waals surface area contributed by atoms with E-state index < -0.39 is 11.6 Å². The molecule has 1 N–H and O–H groups in total. The van der Waals surface area contributed by atoms with E-state index in [2.05, 4.69) is 17.3 Å². The van der Waals surface area contributed by atoms with Crippen LogP contribution < -0.4 is 5.32 Å². The Balaban J connectivity index is 1.83. The third-order valence-corrected chi connectivity index (χ3v) is 3.67. The Morgan fingerprint density at radius 3 is 2.94 bits per heavy atom. The zero-order chi connectivity index (χ0) is 13.0. The SMILES string of the molecule is CN1CCCCC1CCNc1cccc(F)c1F. The molecule has 100 valence electrons. The van der Waals surface area contributed by atoms with Gasteiger partial charge in [-0.2, -0.15) is 0 Å². The van der Waals surface area contributed by atoms with Crippen LogP contribution in [-0.4, -0.2) is 31.1 Å². The molecule has 4 heteroatoms. The molecule has 1 aromatic rings. The summed E-state index contributed by atoms with van der Waals surface area (Å²) in [6.45, 7) is 1.81. The highest BCUT2D eigenvalue weighted by Crippen LogP contribution is 2.19. The lowest BCUT2D eigenvalue weighted by Crippen LogP contribution is -2.37. The molecule has 0 amide bonds. The second-order valence-electron chi connectivity index (χ2n) is 4.95. The van der Waals surface area contributed by atoms with Crippen LogP contribution in [-0.2, 0) is 0 Å². The van der Waals surface area contributed by atoms with E-state index in [9.17, 15) is 8.78 Å². The second kappa shape index (κ2) is 6.14. The number of piperidine rings is 1. The summed E-state index contributed by atoms with van der Waals surface area (Å²) in [7, 11) is 2.13. The smallest absolute Gasteiger partial charge is 0.181 e. The van der Waals surface area contributed by atoms with Gasteiger partial charge in [-0.1, -0.05) is 12.5 Å². The van der Waals surface area contributed by atoms with Gasteiger partial charge in [0.2, 0.25) is 0 Å². The summed E-state index contributed by atoms with van der Waals surface area (Å²) >= 11 is 0. The third kappa shape index (κ3) is 3.19. The lowest BCUT2D eigenvalue weighted by atomic mass is 10.0. The van der Waals surface area contributed by atoms with Crippen molar-refractivity contribution < 1.29 is 8.78 Å². The minimum absolute atomic E-state index is 0.258. The first-order valence-electron chi connectivity index (χ1n) is 6.56. The summed E-state index contributed by atoms with van der Waals surface area (Å²) in [5.74, 6) is -1.58. The van der Waals surface area contributed by atoms with Gasteiger partial charge in [0.15, 0.2) is 11.6 Å². The van der Waals surface area contributed by atoms with Crippen molar-refractivity contribution in [1.29, 1.82) is 0 Å². The molecule has 2 rings (SSSR count). The van der Waals surface area contributed by atoms with Crippen LogP contribution in [0, 0.1) is 11.6 Å². The summed E-state index contributed by atoms with van der Waals surface area (Å²) in [5.41, 5.74) is 0.258. The van der Waals surface area contributed by atoms with E-state index in [0.717, 1.165) is 19.0 Å². The molecular formula is C14H20F2N2. The molecule has 1 aliphatic rings. The summed E-state index contributed by atoms with van der Waals surface area (Å²) < 4.78 is 26.4. The van der Waals surface area contributed by atoms with E-state index in [1.54, 1.807) is 6.07 Å². The molecule has 1 heterocycles. The number of nitrogens with zero attached hydrogens (tertiary/aromatic N) is 1. The van der Waals surface area contributed by atoms with Crippen molar-refractivity contribution in [2.24, 2.45) is 0 Å². The van der Waals surface area contributed by atoms with Crippen molar-refractivity contribution >= 4 is 5.69 Å². The molecule has 1 aromatic carbocycles. The number of halogens is 2. The Morgan fingerprint density at radius 2 is 2.17 bits per heavy atom. The van der Waals surface area contributed by atoms with Crippen molar-refractivity contribution in [3.8, 4) is 0 Å². The molecule has 0 radical (unpaired) electrons. The summed E-state index contributed by atoms with van der Waals surface area (Å²) in [4.78, 5) is 2.35. The average Bonchev–Trinajstić information content (AvgIpc) is 2.37. The minimum Gasteiger partial charge on any atom is -0.383 e. The molecule has 2 nitrogen and oxygen atoms in total. The van der Waals surface area contributed by atoms with Crippen molar-refractivity contribution in [2.75, 3.05) is 25.5 Å². The Labute approximate surface area is 107 Å². The van der Waals surface area contributed by atoms with Gasteiger partial charge in [-0.25, -0.2) is 8.78 Å². The highest BCUT2D eigenvalue weighted by atomic mass is 19.2. The molecule has 1 aliphatic heterocycles. The summed E-state index contributed by atoms with van der Waals surface area (Å²) in [5, 5.41) is 2.98. The van der Waals surface area contributed by atoms with Crippen LogP contribution in [0.1, 0.15) is 25.7 Å². The van der Waals surface area contributed by atoms with E-state index >= 15 is 0 Å². The van der Waals surface area contributed by atoms with Crippen LogP contribution in [0.5, 0.6) is 0 Å². The second-order valence-corrected chi connectivity index (χ2v) is 4.95. The van der Waals surface area contributed by atoms with Gasteiger partial charge in [-0.05, 0) is 45.0 Å². The number of rotatable bonds is 4. The monoisotopic (exact) mass is 254 g/mol. The predicted molar refractivity (Wildman–Crippen MR) is 69.7 cm³/mol. The first-order valence-corrected chi connectivity index (χ1v) is 6.56. The van der Waals surface area contributed by atoms with Gasteiger partial charge >= 0.3 is 0 Å². The van der Waals surface area contributed by atoms with Crippen molar-refractivity contribution in [3.63, 3.8) is 0 Å². The topological polar surface area (TPSA) is 15.3 Å². The Morgan fingerprint density at radius 1 is 1.33 bits per heavy atom. The van der Waals surface area contributed by atoms with Crippen molar-refractivity contribution in [2.45, 2.75) is 31.7 Å². The molecule has 1 fully saturated rings. The highest BCUT2D eigenvalue weighted by Gasteiger charge is 2.18. The van der Waals surface area contributed by atoms with Crippen LogP contribution >= 0.6 is 0 Å². The molecular weight excluding hydrogens is 234 g/mol. The van der Waals surface area contributed by atoms with Crippen LogP contribution in [0.3, 0.4) is 0 Å². The van der Waals surface area contributed by atoms with Gasteiger partial charge in [0.25, 0.3) is 0 Å². The number of anilines is 1. The van der Waals surface area contributed by atoms with E-state index in [1.807, 2.05) is 0 Å². The Kier molecular flexibility index (Phi) is 4.53. The number of likely N-dealkylation sites (tertiary alicyclic amines) is 1. The van der Waals surface area contributed by atoms with E-state index in [1.165, 1.54) is 25.3 Å². The van der Waals surface area contributed by atoms with Gasteiger partial charge in [0.05, 0.1) is 5.69 Å². The molecule has 0 saturated carbocycles. The van der Waals surface area contributed by atoms with Gasteiger partial charge in [-0.15, -0.1) is 0 Å². The maximum Gasteiger partial charge on any atom is 0.181 e. The van der Waals surface area contributed by atoms with Crippen LogP contribution in [0.4, 0.5) is 14.5 Å². The normalized spacial score (nSPS) is 20.9. The van der Waals surface area contributed by atoms with Crippen molar-refractivity contribution in [1.82, 2.24) is 4.90 Å². The van der Waals surface area contributed by atoms with E-state index in [0.29, 0.717) is 12.6 Å². The maximum absolute atomic E-state index is 13.4. The van der Waals surface area contributed by atoms with Crippen LogP contribution in [0.25, 0.3) is 0 Å². The molecule has 0 aliphatic carbocycles. The van der Waals surface area contributed by atoms with Gasteiger partial charge in [0.1, 0.15) is 0 Å². The standard InChI is InChI=1S/C14H20F2N2/c1-18-10-3-2-5-11(18)8-9-17-13-7-4-6-12(15)14(13)16/h4,6-7,11,17H,2-3,5,8-10H2,1H3. The number of hydrogen-bond acceptors (Lipinski definition) is 2. The van der Waals surface area contributed by atoms with Gasteiger partial charge in [0, 0.05) is 12.6 Å². The van der Waals surface area contributed by atoms with Crippen LogP contribution in [0.15, 0.2) is 18.2 Å². The summed E-state index contributed by atoms with van der Waals surface area (Å²) in [6, 6.07) is 4.79. The summed E-state index contributed by atoms with van der Waals surface area (Å²) in [6.07, 6.45) is 4.69. The lowest BCUT2D eigenvalue weighted by Gasteiger charge is -2.32. The average molecular weight is 254 g/mol. The molecule has 1 atom stereocenters. The lowest BCUT2D eigenvalue weighted by molar-refractivity contribution is 0.179. The molecule has 0 bridgehead atoms. The van der Waals surface area contributed by atoms with Gasteiger partial charge < -0.3 is 10.2 Å². The number of nitrogens with one attached hydrogen (secondary N) is 1. The fourth-order valence-electron chi connectivity index (χ4n) is 2.52. The number of benzene rings is 1. The number of hydrogen-bond donors (Lipinski definition) is 1. The van der Waals surface area contributed by atoms with E-state index in [4.69, 9.17) is 0 Å². The Hall–Kier alpha value is -1.16.